The van der Waals surface area contributed by atoms with Gasteiger partial charge in [0.05, 0.1) is 38.5 Å². The minimum Gasteiger partial charge on any atom is -0.291 e. The van der Waals surface area contributed by atoms with Gasteiger partial charge in [0.1, 0.15) is 11.7 Å². The third-order valence-corrected chi connectivity index (χ3v) is 7.37. The van der Waals surface area contributed by atoms with Crippen LogP contribution in [-0.2, 0) is 9.84 Å². The van der Waals surface area contributed by atoms with Crippen molar-refractivity contribution in [3.63, 3.8) is 0 Å². The Hall–Kier alpha value is -3.42. The Kier molecular flexibility index (Phi) is 6.10. The van der Waals surface area contributed by atoms with Gasteiger partial charge < -0.3 is 0 Å². The highest BCUT2D eigenvalue weighted by Crippen LogP contribution is 2.36. The van der Waals surface area contributed by atoms with Gasteiger partial charge in [-0.25, -0.2) is 13.4 Å². The molecule has 0 unspecified atom stereocenters. The van der Waals surface area contributed by atoms with Gasteiger partial charge in [0, 0.05) is 23.5 Å². The fourth-order valence-electron chi connectivity index (χ4n) is 3.55. The Morgan fingerprint density at radius 3 is 2.41 bits per heavy atom. The number of alkyl halides is 3. The standard InChI is InChI=1S/C23H16ClF3N4O2S/c1-14(23(25,26)27)13-34(32,33)17-7-8-20(29-12-17)21-19(10-28)18-9-15(24)11-30-22(18)31(21)16-5-3-2-4-6-16/h2-9,11-12,14H,13H2,1H3/t14-/m1/s1. The number of hydrogen-bond donors (Lipinski definition) is 0. The van der Waals surface area contributed by atoms with Gasteiger partial charge in [-0.05, 0) is 30.3 Å². The first-order valence-corrected chi connectivity index (χ1v) is 12.0. The second-order valence-corrected chi connectivity index (χ2v) is 10.1. The van der Waals surface area contributed by atoms with Crippen molar-refractivity contribution < 1.29 is 21.6 Å². The Labute approximate surface area is 198 Å². The SMILES string of the molecule is C[C@H](CS(=O)(=O)c1ccc(-c2c(C#N)c3cc(Cl)cnc3n2-c2ccccc2)nc1)C(F)(F)F. The van der Waals surface area contributed by atoms with Gasteiger partial charge in [-0.1, -0.05) is 36.7 Å². The summed E-state index contributed by atoms with van der Waals surface area (Å²) in [5, 5.41) is 10.7. The molecule has 34 heavy (non-hydrogen) atoms. The maximum atomic E-state index is 12.9. The lowest BCUT2D eigenvalue weighted by Crippen LogP contribution is -2.27. The minimum absolute atomic E-state index is 0.225. The van der Waals surface area contributed by atoms with E-state index < -0.39 is 27.7 Å². The van der Waals surface area contributed by atoms with E-state index in [1.807, 2.05) is 6.07 Å². The smallest absolute Gasteiger partial charge is 0.291 e. The lowest BCUT2D eigenvalue weighted by Gasteiger charge is -2.15. The number of benzene rings is 1. The maximum absolute atomic E-state index is 12.9. The van der Waals surface area contributed by atoms with Gasteiger partial charge in [-0.2, -0.15) is 18.4 Å². The summed E-state index contributed by atoms with van der Waals surface area (Å²) in [5.74, 6) is -3.12. The number of rotatable bonds is 5. The van der Waals surface area contributed by atoms with Crippen LogP contribution in [0.3, 0.4) is 0 Å². The summed E-state index contributed by atoms with van der Waals surface area (Å²) < 4.78 is 65.3. The average Bonchev–Trinajstić information content (AvgIpc) is 3.12. The molecule has 0 saturated heterocycles. The zero-order chi connectivity index (χ0) is 24.7. The largest absolute Gasteiger partial charge is 0.392 e. The van der Waals surface area contributed by atoms with Gasteiger partial charge in [0.15, 0.2) is 9.84 Å². The zero-order valence-corrected chi connectivity index (χ0v) is 19.2. The molecule has 1 aromatic carbocycles. The van der Waals surface area contributed by atoms with Gasteiger partial charge in [0.25, 0.3) is 0 Å². The molecule has 0 aliphatic heterocycles. The maximum Gasteiger partial charge on any atom is 0.392 e. The summed E-state index contributed by atoms with van der Waals surface area (Å²) in [6.45, 7) is 0.814. The summed E-state index contributed by atoms with van der Waals surface area (Å²) in [7, 11) is -4.23. The van der Waals surface area contributed by atoms with Crippen molar-refractivity contribution in [3.8, 4) is 23.1 Å². The zero-order valence-electron chi connectivity index (χ0n) is 17.6. The molecule has 3 aromatic heterocycles. The molecule has 0 bridgehead atoms. The van der Waals surface area contributed by atoms with Crippen LogP contribution in [0, 0.1) is 17.2 Å². The van der Waals surface area contributed by atoms with E-state index in [4.69, 9.17) is 11.6 Å². The minimum atomic E-state index is -4.63. The first-order valence-electron chi connectivity index (χ1n) is 9.94. The van der Waals surface area contributed by atoms with Gasteiger partial charge >= 0.3 is 6.18 Å². The first kappa shape index (κ1) is 23.7. The van der Waals surface area contributed by atoms with E-state index in [0.717, 1.165) is 13.1 Å². The third kappa shape index (κ3) is 4.36. The highest BCUT2D eigenvalue weighted by Gasteiger charge is 2.39. The number of fused-ring (bicyclic) bond motifs is 1. The normalized spacial score (nSPS) is 13.1. The van der Waals surface area contributed by atoms with E-state index in [-0.39, 0.29) is 16.2 Å². The molecule has 0 amide bonds. The summed E-state index contributed by atoms with van der Waals surface area (Å²) in [6.07, 6.45) is -2.19. The number of pyridine rings is 2. The van der Waals surface area contributed by atoms with E-state index in [1.54, 1.807) is 34.9 Å². The van der Waals surface area contributed by atoms with Crippen molar-refractivity contribution in [1.82, 2.24) is 14.5 Å². The fraction of sp³-hybridized carbons (Fsp3) is 0.174. The molecule has 0 N–H and O–H groups in total. The molecule has 11 heteroatoms. The van der Waals surface area contributed by atoms with Crippen molar-refractivity contribution in [2.45, 2.75) is 18.0 Å². The molecule has 1 atom stereocenters. The predicted molar refractivity (Wildman–Crippen MR) is 121 cm³/mol. The van der Waals surface area contributed by atoms with Gasteiger partial charge in [-0.15, -0.1) is 0 Å². The predicted octanol–water partition coefficient (Wildman–Crippen LogP) is 5.58. The van der Waals surface area contributed by atoms with Crippen LogP contribution >= 0.6 is 11.6 Å². The summed E-state index contributed by atoms with van der Waals surface area (Å²) in [5.41, 5.74) is 1.95. The molecule has 0 saturated carbocycles. The Morgan fingerprint density at radius 2 is 1.82 bits per heavy atom. The van der Waals surface area contributed by atoms with Crippen LogP contribution in [0.4, 0.5) is 13.2 Å². The quantitative estimate of drug-likeness (QED) is 0.354. The molecule has 3 heterocycles. The first-order chi connectivity index (χ1) is 16.0. The van der Waals surface area contributed by atoms with Crippen LogP contribution in [0.25, 0.3) is 28.1 Å². The lowest BCUT2D eigenvalue weighted by atomic mass is 10.1. The van der Waals surface area contributed by atoms with Crippen LogP contribution in [-0.4, -0.2) is 34.9 Å². The third-order valence-electron chi connectivity index (χ3n) is 5.27. The summed E-state index contributed by atoms with van der Waals surface area (Å²) in [4.78, 5) is 8.24. The second-order valence-electron chi connectivity index (χ2n) is 7.63. The van der Waals surface area contributed by atoms with Gasteiger partial charge in [-0.3, -0.25) is 9.55 Å². The summed E-state index contributed by atoms with van der Waals surface area (Å²) >= 11 is 6.10. The van der Waals surface area contributed by atoms with Crippen LogP contribution in [0.1, 0.15) is 12.5 Å². The van der Waals surface area contributed by atoms with Crippen LogP contribution in [0.5, 0.6) is 0 Å². The molecule has 174 valence electrons. The Balaban J connectivity index is 1.87. The number of hydrogen-bond acceptors (Lipinski definition) is 5. The number of halogens is 4. The number of aromatic nitrogens is 3. The van der Waals surface area contributed by atoms with Crippen LogP contribution < -0.4 is 0 Å². The van der Waals surface area contributed by atoms with Crippen LogP contribution in [0.2, 0.25) is 5.02 Å². The van der Waals surface area contributed by atoms with E-state index >= 15 is 0 Å². The Morgan fingerprint density at radius 1 is 1.12 bits per heavy atom. The monoisotopic (exact) mass is 504 g/mol. The number of sulfone groups is 1. The van der Waals surface area contributed by atoms with Crippen molar-refractivity contribution in [2.75, 3.05) is 5.75 Å². The topological polar surface area (TPSA) is 88.6 Å². The van der Waals surface area contributed by atoms with Crippen molar-refractivity contribution in [1.29, 1.82) is 5.26 Å². The number of nitrogens with zero attached hydrogens (tertiary/aromatic N) is 4. The lowest BCUT2D eigenvalue weighted by molar-refractivity contribution is -0.163. The molecule has 0 spiro atoms. The molecule has 4 aromatic rings. The van der Waals surface area contributed by atoms with E-state index in [1.165, 1.54) is 18.3 Å². The second kappa shape index (κ2) is 8.74. The van der Waals surface area contributed by atoms with Crippen molar-refractivity contribution >= 4 is 32.5 Å². The molecule has 0 aliphatic rings. The molecule has 0 fully saturated rings. The molecular weight excluding hydrogens is 489 g/mol. The summed E-state index contributed by atoms with van der Waals surface area (Å²) in [6, 6.07) is 15.3. The van der Waals surface area contributed by atoms with E-state index in [9.17, 15) is 26.9 Å². The molecule has 0 aliphatic carbocycles. The van der Waals surface area contributed by atoms with E-state index in [2.05, 4.69) is 16.0 Å². The fourth-order valence-corrected chi connectivity index (χ4v) is 5.23. The molecule has 6 nitrogen and oxygen atoms in total. The molecule has 0 radical (unpaired) electrons. The van der Waals surface area contributed by atoms with Crippen molar-refractivity contribution in [2.24, 2.45) is 5.92 Å². The van der Waals surface area contributed by atoms with E-state index in [0.29, 0.717) is 27.4 Å². The van der Waals surface area contributed by atoms with Crippen LogP contribution in [0.15, 0.2) is 65.8 Å². The number of nitriles is 1. The highest BCUT2D eigenvalue weighted by atomic mass is 35.5. The molecular formula is C23H16ClF3N4O2S. The average molecular weight is 505 g/mol. The Bertz CT molecular complexity index is 1510. The molecule has 4 rings (SSSR count). The highest BCUT2D eigenvalue weighted by molar-refractivity contribution is 7.91. The number of para-hydroxylation sites is 1. The van der Waals surface area contributed by atoms with Gasteiger partial charge in [0.2, 0.25) is 0 Å². The van der Waals surface area contributed by atoms with Crippen molar-refractivity contribution in [3.05, 3.63) is 71.5 Å².